The molecule has 4 N–H and O–H groups in total. The van der Waals surface area contributed by atoms with Crippen molar-refractivity contribution in [3.05, 3.63) is 65.8 Å². The Bertz CT molecular complexity index is 1320. The second-order valence-corrected chi connectivity index (χ2v) is 14.1. The van der Waals surface area contributed by atoms with Gasteiger partial charge in [0.05, 0.1) is 36.4 Å². The number of hydrogen-bond donors (Lipinski definition) is 4. The van der Waals surface area contributed by atoms with Crippen LogP contribution in [0.1, 0.15) is 79.7 Å². The molecule has 2 radical (unpaired) electrons. The lowest BCUT2D eigenvalue weighted by atomic mass is 9.87. The summed E-state index contributed by atoms with van der Waals surface area (Å²) >= 11 is 0. The number of esters is 2. The highest BCUT2D eigenvalue weighted by atomic mass is 16.6. The lowest BCUT2D eigenvalue weighted by molar-refractivity contribution is -0.157. The smallest absolute Gasteiger partial charge is 0.309 e. The summed E-state index contributed by atoms with van der Waals surface area (Å²) in [5.74, 6) is -1.38. The van der Waals surface area contributed by atoms with E-state index in [0.29, 0.717) is 17.6 Å². The molecule has 0 bridgehead atoms. The zero-order valence-corrected chi connectivity index (χ0v) is 30.3. The standard InChI is InChI=1S/C38H56BNO9/c1-9-30(46-8)25(4)34-35(49-34)36(40-22-27-13-15-28(39)16-14-27)38(7,45)19-10-11-23(2)33-24(3)12-17-31(47-26(5)41)37(6,44)20-18-29(42)21-32(43)48-33/h10-17,19,24-25,29-31,33-36,40,42,44-45H,9,18,20-22H2,1-8H3/b17-12+,19-10+,23-11+/t24-,25+,29+,30-,31-,33?,34+,35-,36?,37+,38?/m0/s1. The van der Waals surface area contributed by atoms with Gasteiger partial charge < -0.3 is 39.6 Å². The molecule has 0 aliphatic carbocycles. The van der Waals surface area contributed by atoms with Crippen molar-refractivity contribution in [2.75, 3.05) is 7.11 Å². The molecule has 3 unspecified atom stereocenters. The molecule has 1 aromatic rings. The van der Waals surface area contributed by atoms with Gasteiger partial charge in [0.2, 0.25) is 0 Å². The molecular weight excluding hydrogens is 625 g/mol. The molecule has 11 heteroatoms. The molecule has 3 rings (SSSR count). The van der Waals surface area contributed by atoms with Crippen LogP contribution in [0.25, 0.3) is 0 Å². The Labute approximate surface area is 293 Å². The third kappa shape index (κ3) is 11.9. The number of nitrogens with one attached hydrogen (secondary N) is 1. The number of carbonyl (C=O) groups is 2. The predicted octanol–water partition coefficient (Wildman–Crippen LogP) is 3.35. The molecule has 0 spiro atoms. The van der Waals surface area contributed by atoms with Gasteiger partial charge in [0.25, 0.3) is 0 Å². The Balaban J connectivity index is 1.87. The summed E-state index contributed by atoms with van der Waals surface area (Å²) in [6, 6.07) is 7.09. The number of cyclic esters (lactones) is 1. The van der Waals surface area contributed by atoms with E-state index in [-0.39, 0.29) is 49.4 Å². The molecule has 1 aromatic carbocycles. The fourth-order valence-corrected chi connectivity index (χ4v) is 6.53. The van der Waals surface area contributed by atoms with Crippen LogP contribution >= 0.6 is 0 Å². The minimum Gasteiger partial charge on any atom is -0.457 e. The first kappa shape index (κ1) is 40.6. The Hall–Kier alpha value is -2.80. The van der Waals surface area contributed by atoms with Crippen molar-refractivity contribution < 1.29 is 43.9 Å². The monoisotopic (exact) mass is 681 g/mol. The second-order valence-electron chi connectivity index (χ2n) is 14.1. The number of carbonyl (C=O) groups excluding carboxylic acids is 2. The predicted molar refractivity (Wildman–Crippen MR) is 189 cm³/mol. The number of epoxide rings is 1. The van der Waals surface area contributed by atoms with Crippen LogP contribution in [0.5, 0.6) is 0 Å². The van der Waals surface area contributed by atoms with Gasteiger partial charge in [-0.05, 0) is 57.2 Å². The van der Waals surface area contributed by atoms with Crippen molar-refractivity contribution in [1.29, 1.82) is 0 Å². The first-order valence-electron chi connectivity index (χ1n) is 17.3. The van der Waals surface area contributed by atoms with Gasteiger partial charge in [0, 0.05) is 32.4 Å². The van der Waals surface area contributed by atoms with Crippen molar-refractivity contribution in [3.63, 3.8) is 0 Å². The van der Waals surface area contributed by atoms with Crippen LogP contribution in [-0.2, 0) is 35.1 Å². The molecule has 2 heterocycles. The quantitative estimate of drug-likeness (QED) is 0.0804. The third-order valence-electron chi connectivity index (χ3n) is 9.69. The van der Waals surface area contributed by atoms with Crippen molar-refractivity contribution in [2.45, 2.75) is 135 Å². The molecule has 270 valence electrons. The molecule has 1 fully saturated rings. The summed E-state index contributed by atoms with van der Waals surface area (Å²) in [6.45, 7) is 12.9. The first-order chi connectivity index (χ1) is 23.0. The minimum atomic E-state index is -1.46. The van der Waals surface area contributed by atoms with Crippen LogP contribution in [0.4, 0.5) is 0 Å². The van der Waals surface area contributed by atoms with Gasteiger partial charge in [-0.2, -0.15) is 0 Å². The van der Waals surface area contributed by atoms with E-state index < -0.39 is 47.5 Å². The van der Waals surface area contributed by atoms with E-state index in [4.69, 9.17) is 26.8 Å². The molecule has 2 aliphatic heterocycles. The van der Waals surface area contributed by atoms with Gasteiger partial charge >= 0.3 is 11.9 Å². The Kier molecular flexibility index (Phi) is 14.9. The topological polar surface area (TPSA) is 147 Å². The van der Waals surface area contributed by atoms with Crippen LogP contribution in [0, 0.1) is 11.8 Å². The summed E-state index contributed by atoms with van der Waals surface area (Å²) < 4.78 is 23.1. The van der Waals surface area contributed by atoms with Gasteiger partial charge in [0.15, 0.2) is 0 Å². The van der Waals surface area contributed by atoms with Crippen LogP contribution in [-0.4, -0.2) is 96.1 Å². The van der Waals surface area contributed by atoms with Crippen molar-refractivity contribution in [2.24, 2.45) is 11.8 Å². The summed E-state index contributed by atoms with van der Waals surface area (Å²) in [6.07, 6.45) is 6.33. The highest BCUT2D eigenvalue weighted by molar-refractivity contribution is 6.32. The van der Waals surface area contributed by atoms with E-state index in [2.05, 4.69) is 19.2 Å². The summed E-state index contributed by atoms with van der Waals surface area (Å²) in [7, 11) is 7.57. The number of aliphatic hydroxyl groups is 3. The number of aliphatic hydroxyl groups excluding tert-OH is 1. The maximum absolute atomic E-state index is 12.9. The largest absolute Gasteiger partial charge is 0.457 e. The average molecular weight is 682 g/mol. The van der Waals surface area contributed by atoms with E-state index >= 15 is 0 Å². The highest BCUT2D eigenvalue weighted by Gasteiger charge is 2.54. The normalized spacial score (nSPS) is 32.1. The van der Waals surface area contributed by atoms with E-state index in [1.54, 1.807) is 51.3 Å². The van der Waals surface area contributed by atoms with Gasteiger partial charge in [0.1, 0.15) is 31.8 Å². The lowest BCUT2D eigenvalue weighted by Gasteiger charge is -2.32. The fraction of sp³-hybridized carbons (Fsp3) is 0.632. The molecule has 49 heavy (non-hydrogen) atoms. The maximum atomic E-state index is 12.9. The van der Waals surface area contributed by atoms with E-state index in [1.165, 1.54) is 6.92 Å². The van der Waals surface area contributed by atoms with Crippen molar-refractivity contribution >= 4 is 25.2 Å². The number of rotatable bonds is 13. The molecular formula is C38H56BNO9. The highest BCUT2D eigenvalue weighted by Crippen LogP contribution is 2.39. The van der Waals surface area contributed by atoms with E-state index in [1.807, 2.05) is 38.1 Å². The number of allylic oxidation sites excluding steroid dienone is 2. The fourth-order valence-electron chi connectivity index (χ4n) is 6.53. The van der Waals surface area contributed by atoms with Gasteiger partial charge in [-0.25, -0.2) is 0 Å². The summed E-state index contributed by atoms with van der Waals surface area (Å²) in [5.41, 5.74) is -0.433. The van der Waals surface area contributed by atoms with Crippen LogP contribution < -0.4 is 10.8 Å². The Morgan fingerprint density at radius 3 is 2.51 bits per heavy atom. The first-order valence-corrected chi connectivity index (χ1v) is 17.3. The number of ether oxygens (including phenoxy) is 4. The van der Waals surface area contributed by atoms with E-state index in [0.717, 1.165) is 12.0 Å². The van der Waals surface area contributed by atoms with Gasteiger partial charge in [-0.1, -0.05) is 74.8 Å². The van der Waals surface area contributed by atoms with E-state index in [9.17, 15) is 24.9 Å². The second kappa shape index (κ2) is 17.9. The zero-order chi connectivity index (χ0) is 36.5. The Morgan fingerprint density at radius 1 is 1.22 bits per heavy atom. The maximum Gasteiger partial charge on any atom is 0.309 e. The summed E-state index contributed by atoms with van der Waals surface area (Å²) in [4.78, 5) is 24.7. The molecule has 0 amide bonds. The summed E-state index contributed by atoms with van der Waals surface area (Å²) in [5, 5.41) is 37.0. The van der Waals surface area contributed by atoms with Gasteiger partial charge in [-0.3, -0.25) is 9.59 Å². The average Bonchev–Trinajstić information content (AvgIpc) is 3.81. The zero-order valence-electron chi connectivity index (χ0n) is 30.3. The number of benzene rings is 1. The van der Waals surface area contributed by atoms with Crippen LogP contribution in [0.2, 0.25) is 0 Å². The van der Waals surface area contributed by atoms with Crippen molar-refractivity contribution in [1.82, 2.24) is 5.32 Å². The number of methoxy groups -OCH3 is 1. The molecule has 0 aromatic heterocycles. The number of hydrogen-bond acceptors (Lipinski definition) is 10. The Morgan fingerprint density at radius 2 is 1.90 bits per heavy atom. The molecule has 10 nitrogen and oxygen atoms in total. The molecule has 2 aliphatic rings. The van der Waals surface area contributed by atoms with Crippen LogP contribution in [0.15, 0.2) is 60.2 Å². The molecule has 0 saturated carbocycles. The minimum absolute atomic E-state index is 0.0278. The SMILES string of the molecule is [B]c1ccc(CNC([C@H]2O[C@@H]2[C@H](C)[C@H](CC)OC)C(C)(O)/C=C/C=C(\C)C2OC(=O)C[C@H](O)CC[C@@](C)(O)[C@@H](OC(C)=O)/C=C/[C@@H]2C)cc1. The third-order valence-corrected chi connectivity index (χ3v) is 9.69. The van der Waals surface area contributed by atoms with Crippen molar-refractivity contribution in [3.8, 4) is 0 Å². The molecule has 1 saturated heterocycles. The molecule has 11 atom stereocenters. The lowest BCUT2D eigenvalue weighted by Crippen LogP contribution is -2.52. The van der Waals surface area contributed by atoms with Gasteiger partial charge in [-0.15, -0.1) is 0 Å². The van der Waals surface area contributed by atoms with Crippen LogP contribution in [0.3, 0.4) is 0 Å².